The summed E-state index contributed by atoms with van der Waals surface area (Å²) in [5, 5.41) is 12.6. The van der Waals surface area contributed by atoms with Crippen molar-refractivity contribution in [2.75, 3.05) is 20.3 Å². The fourth-order valence-corrected chi connectivity index (χ4v) is 3.81. The van der Waals surface area contributed by atoms with Gasteiger partial charge >= 0.3 is 0 Å². The third-order valence-corrected chi connectivity index (χ3v) is 5.33. The Hall–Kier alpha value is -1.86. The Balaban J connectivity index is 2.05. The lowest BCUT2D eigenvalue weighted by Gasteiger charge is -2.18. The van der Waals surface area contributed by atoms with Crippen molar-refractivity contribution < 1.29 is 9.53 Å². The van der Waals surface area contributed by atoms with E-state index in [1.165, 1.54) is 0 Å². The largest absolute Gasteiger partial charge is 0.383 e. The number of carbonyl (C=O) groups excluding carboxylic acids is 1. The van der Waals surface area contributed by atoms with E-state index in [4.69, 9.17) is 4.74 Å². The minimum Gasteiger partial charge on any atom is -0.383 e. The van der Waals surface area contributed by atoms with Crippen LogP contribution in [0.15, 0.2) is 29.4 Å². The number of nitrogens with zero attached hydrogens (tertiary/aromatic N) is 3. The van der Waals surface area contributed by atoms with Crippen molar-refractivity contribution in [1.82, 2.24) is 20.1 Å². The van der Waals surface area contributed by atoms with E-state index in [2.05, 4.69) is 54.7 Å². The Morgan fingerprint density at radius 3 is 2.39 bits per heavy atom. The number of amides is 1. The van der Waals surface area contributed by atoms with Crippen LogP contribution < -0.4 is 5.32 Å². The number of carbonyl (C=O) groups is 1. The van der Waals surface area contributed by atoms with E-state index in [9.17, 15) is 4.79 Å². The highest BCUT2D eigenvalue weighted by Gasteiger charge is 2.20. The summed E-state index contributed by atoms with van der Waals surface area (Å²) >= 11 is 1.65. The van der Waals surface area contributed by atoms with Crippen LogP contribution in [-0.4, -0.2) is 40.9 Å². The van der Waals surface area contributed by atoms with E-state index in [1.54, 1.807) is 18.9 Å². The normalized spacial score (nSPS) is 12.6. The fraction of sp³-hybridized carbons (Fsp3) is 0.571. The van der Waals surface area contributed by atoms with Crippen molar-refractivity contribution in [3.8, 4) is 0 Å². The molecule has 0 radical (unpaired) electrons. The maximum absolute atomic E-state index is 12.1. The summed E-state index contributed by atoms with van der Waals surface area (Å²) in [6.07, 6.45) is 0. The van der Waals surface area contributed by atoms with Crippen LogP contribution in [0.5, 0.6) is 0 Å². The number of thioether (sulfide) groups is 1. The molecule has 1 atom stereocenters. The summed E-state index contributed by atoms with van der Waals surface area (Å²) in [6, 6.07) is 7.93. The fourth-order valence-electron chi connectivity index (χ4n) is 2.81. The Bertz CT molecular complexity index is 756. The third-order valence-electron chi connectivity index (χ3n) is 4.31. The van der Waals surface area contributed by atoms with Crippen LogP contribution in [0.2, 0.25) is 0 Å². The van der Waals surface area contributed by atoms with Crippen molar-refractivity contribution in [1.29, 1.82) is 0 Å². The number of benzene rings is 1. The van der Waals surface area contributed by atoms with E-state index in [0.29, 0.717) is 30.6 Å². The van der Waals surface area contributed by atoms with E-state index >= 15 is 0 Å². The summed E-state index contributed by atoms with van der Waals surface area (Å²) in [4.78, 5) is 12.1. The molecule has 28 heavy (non-hydrogen) atoms. The monoisotopic (exact) mass is 404 g/mol. The Morgan fingerprint density at radius 2 is 1.82 bits per heavy atom. The molecule has 0 aliphatic heterocycles. The van der Waals surface area contributed by atoms with Gasteiger partial charge in [0, 0.05) is 30.9 Å². The maximum atomic E-state index is 12.1. The van der Waals surface area contributed by atoms with E-state index in [1.807, 2.05) is 24.3 Å². The molecular weight excluding hydrogens is 372 g/mol. The molecule has 7 heteroatoms. The van der Waals surface area contributed by atoms with Gasteiger partial charge in [-0.1, -0.05) is 51.6 Å². The molecule has 0 bridgehead atoms. The Labute approximate surface area is 172 Å². The van der Waals surface area contributed by atoms with E-state index in [-0.39, 0.29) is 11.9 Å². The molecule has 0 saturated heterocycles. The van der Waals surface area contributed by atoms with Gasteiger partial charge in [0.25, 0.3) is 5.91 Å². The molecule has 0 saturated carbocycles. The molecule has 0 aliphatic carbocycles. The smallest absolute Gasteiger partial charge is 0.251 e. The van der Waals surface area contributed by atoms with Crippen molar-refractivity contribution in [2.24, 2.45) is 5.92 Å². The second-order valence-electron chi connectivity index (χ2n) is 7.76. The number of hydrogen-bond donors (Lipinski definition) is 1. The molecule has 1 unspecified atom stereocenters. The molecule has 0 fully saturated rings. The molecule has 1 aromatic heterocycles. The van der Waals surface area contributed by atoms with Gasteiger partial charge in [-0.3, -0.25) is 4.79 Å². The van der Waals surface area contributed by atoms with Crippen LogP contribution in [0.3, 0.4) is 0 Å². The summed E-state index contributed by atoms with van der Waals surface area (Å²) in [6.45, 7) is 11.8. The van der Waals surface area contributed by atoms with Crippen LogP contribution in [-0.2, 0) is 10.5 Å². The zero-order chi connectivity index (χ0) is 20.7. The first-order valence-corrected chi connectivity index (χ1v) is 10.8. The average Bonchev–Trinajstić information content (AvgIpc) is 3.09. The molecule has 1 heterocycles. The minimum absolute atomic E-state index is 0.0254. The highest BCUT2D eigenvalue weighted by Crippen LogP contribution is 2.28. The third kappa shape index (κ3) is 6.07. The van der Waals surface area contributed by atoms with Crippen LogP contribution in [0.1, 0.15) is 68.3 Å². The highest BCUT2D eigenvalue weighted by atomic mass is 32.2. The van der Waals surface area contributed by atoms with Crippen molar-refractivity contribution >= 4 is 17.7 Å². The first-order valence-electron chi connectivity index (χ1n) is 9.77. The second-order valence-corrected chi connectivity index (χ2v) is 8.70. The zero-order valence-electron chi connectivity index (χ0n) is 17.7. The van der Waals surface area contributed by atoms with Crippen molar-refractivity contribution in [3.05, 3.63) is 41.2 Å². The lowest BCUT2D eigenvalue weighted by molar-refractivity contribution is 0.0949. The maximum Gasteiger partial charge on any atom is 0.251 e. The van der Waals surface area contributed by atoms with Crippen LogP contribution >= 0.6 is 11.8 Å². The standard InChI is InChI=1S/C21H32N4O2S/c1-14(2)11-22-20(26)18-9-7-17(8-10-18)13-28-21-24-23-19(15(3)4)25(21)16(5)12-27-6/h7-10,14-16H,11-13H2,1-6H3,(H,22,26). The van der Waals surface area contributed by atoms with Gasteiger partial charge < -0.3 is 14.6 Å². The molecule has 1 aromatic carbocycles. The number of ether oxygens (including phenoxy) is 1. The number of nitrogens with one attached hydrogen (secondary N) is 1. The Morgan fingerprint density at radius 1 is 1.14 bits per heavy atom. The van der Waals surface area contributed by atoms with Gasteiger partial charge in [0.05, 0.1) is 12.6 Å². The minimum atomic E-state index is -0.0254. The topological polar surface area (TPSA) is 69.0 Å². The van der Waals surface area contributed by atoms with Gasteiger partial charge in [-0.25, -0.2) is 0 Å². The molecule has 1 N–H and O–H groups in total. The SMILES string of the molecule is COCC(C)n1c(SCc2ccc(C(=O)NCC(C)C)cc2)nnc1C(C)C. The summed E-state index contributed by atoms with van der Waals surface area (Å²) in [5.74, 6) is 2.45. The number of rotatable bonds is 10. The van der Waals surface area contributed by atoms with Crippen LogP contribution in [0.25, 0.3) is 0 Å². The average molecular weight is 405 g/mol. The summed E-state index contributed by atoms with van der Waals surface area (Å²) < 4.78 is 7.50. The number of aromatic nitrogens is 3. The molecule has 2 aromatic rings. The quantitative estimate of drug-likeness (QED) is 0.598. The lowest BCUT2D eigenvalue weighted by atomic mass is 10.1. The molecule has 1 amide bonds. The van der Waals surface area contributed by atoms with Crippen molar-refractivity contribution in [2.45, 2.75) is 57.5 Å². The molecule has 0 aliphatic rings. The molecule has 6 nitrogen and oxygen atoms in total. The highest BCUT2D eigenvalue weighted by molar-refractivity contribution is 7.98. The first kappa shape index (κ1) is 22.4. The zero-order valence-corrected chi connectivity index (χ0v) is 18.5. The summed E-state index contributed by atoms with van der Waals surface area (Å²) in [7, 11) is 1.71. The predicted molar refractivity (Wildman–Crippen MR) is 114 cm³/mol. The number of methoxy groups -OCH3 is 1. The molecular formula is C21H32N4O2S. The van der Waals surface area contributed by atoms with E-state index in [0.717, 1.165) is 22.3 Å². The summed E-state index contributed by atoms with van der Waals surface area (Å²) in [5.41, 5.74) is 1.83. The molecule has 0 spiro atoms. The van der Waals surface area contributed by atoms with Gasteiger partial charge in [-0.15, -0.1) is 10.2 Å². The van der Waals surface area contributed by atoms with Gasteiger partial charge in [0.15, 0.2) is 5.16 Å². The van der Waals surface area contributed by atoms with Gasteiger partial charge in [0.2, 0.25) is 0 Å². The van der Waals surface area contributed by atoms with Crippen LogP contribution in [0.4, 0.5) is 0 Å². The second kappa shape index (κ2) is 10.6. The van der Waals surface area contributed by atoms with Gasteiger partial charge in [-0.05, 0) is 30.5 Å². The van der Waals surface area contributed by atoms with Crippen LogP contribution in [0, 0.1) is 5.92 Å². The first-order chi connectivity index (χ1) is 13.3. The number of hydrogen-bond acceptors (Lipinski definition) is 5. The van der Waals surface area contributed by atoms with E-state index < -0.39 is 0 Å². The Kier molecular flexibility index (Phi) is 8.51. The van der Waals surface area contributed by atoms with Crippen molar-refractivity contribution in [3.63, 3.8) is 0 Å². The lowest BCUT2D eigenvalue weighted by Crippen LogP contribution is -2.27. The molecule has 2 rings (SSSR count). The molecule has 154 valence electrons. The van der Waals surface area contributed by atoms with Gasteiger partial charge in [-0.2, -0.15) is 0 Å². The predicted octanol–water partition coefficient (Wildman–Crippen LogP) is 4.29. The van der Waals surface area contributed by atoms with Gasteiger partial charge in [0.1, 0.15) is 5.82 Å².